The van der Waals surface area contributed by atoms with Crippen molar-refractivity contribution in [2.75, 3.05) is 6.54 Å². The number of fused-ring (bicyclic) bond motifs is 1. The van der Waals surface area contributed by atoms with E-state index in [9.17, 15) is 0 Å². The zero-order chi connectivity index (χ0) is 10.8. The molecule has 1 heterocycles. The summed E-state index contributed by atoms with van der Waals surface area (Å²) in [6, 6.07) is 1.27. The Morgan fingerprint density at radius 3 is 2.87 bits per heavy atom. The first-order valence-corrected chi connectivity index (χ1v) is 6.27. The van der Waals surface area contributed by atoms with Gasteiger partial charge in [0.05, 0.1) is 5.84 Å². The zero-order valence-corrected chi connectivity index (χ0v) is 9.71. The van der Waals surface area contributed by atoms with Crippen LogP contribution in [0.3, 0.4) is 0 Å². The molecule has 2 fully saturated rings. The fraction of sp³-hybridized carbons (Fsp3) is 0.917. The number of hydrogen-bond acceptors (Lipinski definition) is 2. The summed E-state index contributed by atoms with van der Waals surface area (Å²) in [4.78, 5) is 2.61. The van der Waals surface area contributed by atoms with E-state index in [1.54, 1.807) is 0 Å². The first-order valence-electron chi connectivity index (χ1n) is 6.27. The van der Waals surface area contributed by atoms with E-state index in [2.05, 4.69) is 11.8 Å². The van der Waals surface area contributed by atoms with Crippen LogP contribution in [0.15, 0.2) is 0 Å². The van der Waals surface area contributed by atoms with Gasteiger partial charge in [-0.3, -0.25) is 10.3 Å². The lowest BCUT2D eigenvalue weighted by atomic mass is 9.90. The van der Waals surface area contributed by atoms with Gasteiger partial charge in [-0.2, -0.15) is 0 Å². The van der Waals surface area contributed by atoms with E-state index in [1.165, 1.54) is 38.6 Å². The number of piperidine rings is 1. The number of nitrogens with zero attached hydrogens (tertiary/aromatic N) is 1. The molecule has 3 nitrogen and oxygen atoms in total. The molecule has 1 saturated carbocycles. The molecule has 0 amide bonds. The van der Waals surface area contributed by atoms with Crippen molar-refractivity contribution < 1.29 is 0 Å². The zero-order valence-electron chi connectivity index (χ0n) is 9.71. The SMILES string of the molecule is CC(CC(=N)N)N1CCCC2CCCC21. The van der Waals surface area contributed by atoms with Gasteiger partial charge in [0, 0.05) is 18.5 Å². The van der Waals surface area contributed by atoms with Crippen molar-refractivity contribution in [1.82, 2.24) is 4.90 Å². The van der Waals surface area contributed by atoms with Crippen molar-refractivity contribution in [3.8, 4) is 0 Å². The van der Waals surface area contributed by atoms with Crippen LogP contribution < -0.4 is 5.73 Å². The summed E-state index contributed by atoms with van der Waals surface area (Å²) in [5.41, 5.74) is 5.49. The number of nitrogens with one attached hydrogen (secondary N) is 1. The van der Waals surface area contributed by atoms with Gasteiger partial charge in [0.15, 0.2) is 0 Å². The van der Waals surface area contributed by atoms with E-state index in [0.717, 1.165) is 18.4 Å². The van der Waals surface area contributed by atoms with E-state index in [-0.39, 0.29) is 0 Å². The summed E-state index contributed by atoms with van der Waals surface area (Å²) in [5.74, 6) is 1.27. The van der Waals surface area contributed by atoms with E-state index in [4.69, 9.17) is 11.1 Å². The predicted octanol–water partition coefficient (Wildman–Crippen LogP) is 1.97. The molecule has 1 aliphatic heterocycles. The Kier molecular flexibility index (Phi) is 3.29. The summed E-state index contributed by atoms with van der Waals surface area (Å²) >= 11 is 0. The lowest BCUT2D eigenvalue weighted by molar-refractivity contribution is 0.0774. The van der Waals surface area contributed by atoms with Crippen molar-refractivity contribution in [3.63, 3.8) is 0 Å². The Hall–Kier alpha value is -0.570. The highest BCUT2D eigenvalue weighted by Gasteiger charge is 2.36. The van der Waals surface area contributed by atoms with Gasteiger partial charge in [-0.25, -0.2) is 0 Å². The largest absolute Gasteiger partial charge is 0.388 e. The molecule has 0 aromatic heterocycles. The maximum atomic E-state index is 7.38. The standard InChI is InChI=1S/C12H23N3/c1-9(8-12(13)14)15-7-3-5-10-4-2-6-11(10)15/h9-11H,2-8H2,1H3,(H3,13,14). The minimum atomic E-state index is 0.336. The Labute approximate surface area is 92.5 Å². The minimum absolute atomic E-state index is 0.336. The first kappa shape index (κ1) is 10.9. The van der Waals surface area contributed by atoms with Crippen LogP contribution in [0.25, 0.3) is 0 Å². The van der Waals surface area contributed by atoms with Gasteiger partial charge >= 0.3 is 0 Å². The van der Waals surface area contributed by atoms with Crippen LogP contribution in [-0.2, 0) is 0 Å². The van der Waals surface area contributed by atoms with Crippen molar-refractivity contribution >= 4 is 5.84 Å². The number of hydrogen-bond donors (Lipinski definition) is 2. The molecule has 0 aromatic rings. The van der Waals surface area contributed by atoms with Crippen LogP contribution in [0.1, 0.15) is 45.4 Å². The smallest absolute Gasteiger partial charge is 0.0920 e. The molecule has 15 heavy (non-hydrogen) atoms. The average Bonchev–Trinajstić information content (AvgIpc) is 2.63. The number of amidine groups is 1. The third-order valence-electron chi connectivity index (χ3n) is 4.12. The van der Waals surface area contributed by atoms with Gasteiger partial charge in [-0.1, -0.05) is 6.42 Å². The number of likely N-dealkylation sites (tertiary alicyclic amines) is 1. The summed E-state index contributed by atoms with van der Waals surface area (Å²) in [6.45, 7) is 3.44. The summed E-state index contributed by atoms with van der Waals surface area (Å²) < 4.78 is 0. The van der Waals surface area contributed by atoms with Gasteiger partial charge in [-0.05, 0) is 45.1 Å². The molecular weight excluding hydrogens is 186 g/mol. The third kappa shape index (κ3) is 2.33. The van der Waals surface area contributed by atoms with Gasteiger partial charge < -0.3 is 5.73 Å². The van der Waals surface area contributed by atoms with Gasteiger partial charge in [0.1, 0.15) is 0 Å². The molecule has 3 atom stereocenters. The Bertz CT molecular complexity index is 239. The van der Waals surface area contributed by atoms with E-state index in [0.29, 0.717) is 11.9 Å². The number of rotatable bonds is 3. The highest BCUT2D eigenvalue weighted by Crippen LogP contribution is 2.37. The van der Waals surface area contributed by atoms with Crippen molar-refractivity contribution in [3.05, 3.63) is 0 Å². The molecule has 3 heteroatoms. The molecule has 2 aliphatic rings. The molecule has 0 radical (unpaired) electrons. The lowest BCUT2D eigenvalue weighted by Gasteiger charge is -2.41. The van der Waals surface area contributed by atoms with E-state index in [1.807, 2.05) is 0 Å². The van der Waals surface area contributed by atoms with E-state index >= 15 is 0 Å². The molecule has 2 rings (SSSR count). The maximum absolute atomic E-state index is 7.38. The number of nitrogens with two attached hydrogens (primary N) is 1. The molecule has 0 bridgehead atoms. The van der Waals surface area contributed by atoms with Crippen LogP contribution in [0, 0.1) is 11.3 Å². The van der Waals surface area contributed by atoms with Gasteiger partial charge in [0.25, 0.3) is 0 Å². The highest BCUT2D eigenvalue weighted by molar-refractivity contribution is 5.77. The monoisotopic (exact) mass is 209 g/mol. The van der Waals surface area contributed by atoms with Crippen LogP contribution >= 0.6 is 0 Å². The summed E-state index contributed by atoms with van der Waals surface area (Å²) in [5, 5.41) is 7.38. The fourth-order valence-electron chi connectivity index (χ4n) is 3.48. The Morgan fingerprint density at radius 2 is 2.13 bits per heavy atom. The Morgan fingerprint density at radius 1 is 1.40 bits per heavy atom. The van der Waals surface area contributed by atoms with Gasteiger partial charge in [0.2, 0.25) is 0 Å². The Balaban J connectivity index is 1.97. The molecule has 0 aromatic carbocycles. The minimum Gasteiger partial charge on any atom is -0.388 e. The van der Waals surface area contributed by atoms with Crippen LogP contribution in [0.2, 0.25) is 0 Å². The molecule has 3 unspecified atom stereocenters. The lowest BCUT2D eigenvalue weighted by Crippen LogP contribution is -2.48. The summed E-state index contributed by atoms with van der Waals surface area (Å²) in [6.07, 6.45) is 7.69. The highest BCUT2D eigenvalue weighted by atomic mass is 15.2. The molecule has 0 spiro atoms. The first-order chi connectivity index (χ1) is 7.18. The second-order valence-electron chi connectivity index (χ2n) is 5.22. The van der Waals surface area contributed by atoms with Crippen molar-refractivity contribution in [2.45, 2.75) is 57.5 Å². The normalized spacial score (nSPS) is 33.7. The average molecular weight is 209 g/mol. The third-order valence-corrected chi connectivity index (χ3v) is 4.12. The van der Waals surface area contributed by atoms with Crippen LogP contribution in [0.4, 0.5) is 0 Å². The second kappa shape index (κ2) is 4.52. The second-order valence-corrected chi connectivity index (χ2v) is 5.22. The quantitative estimate of drug-likeness (QED) is 0.551. The predicted molar refractivity (Wildman–Crippen MR) is 63.1 cm³/mol. The molecule has 86 valence electrons. The summed E-state index contributed by atoms with van der Waals surface area (Å²) in [7, 11) is 0. The van der Waals surface area contributed by atoms with E-state index < -0.39 is 0 Å². The van der Waals surface area contributed by atoms with Crippen LogP contribution in [-0.4, -0.2) is 29.4 Å². The topological polar surface area (TPSA) is 53.1 Å². The molecular formula is C12H23N3. The molecule has 1 saturated heterocycles. The van der Waals surface area contributed by atoms with Crippen molar-refractivity contribution in [2.24, 2.45) is 11.7 Å². The maximum Gasteiger partial charge on any atom is 0.0920 e. The molecule has 1 aliphatic carbocycles. The van der Waals surface area contributed by atoms with Crippen molar-refractivity contribution in [1.29, 1.82) is 5.41 Å². The van der Waals surface area contributed by atoms with Gasteiger partial charge in [-0.15, -0.1) is 0 Å². The fourth-order valence-corrected chi connectivity index (χ4v) is 3.48. The molecule has 3 N–H and O–H groups in total. The van der Waals surface area contributed by atoms with Crippen LogP contribution in [0.5, 0.6) is 0 Å².